The van der Waals surface area contributed by atoms with Crippen LogP contribution >= 0.6 is 11.3 Å². The quantitative estimate of drug-likeness (QED) is 0.414. The third-order valence-corrected chi connectivity index (χ3v) is 5.64. The van der Waals surface area contributed by atoms with E-state index in [1.54, 1.807) is 35.9 Å². The molecule has 10 heteroatoms. The number of aromatic nitrogens is 2. The monoisotopic (exact) mass is 454 g/mol. The normalized spacial score (nSPS) is 15.2. The topological polar surface area (TPSA) is 112 Å². The van der Waals surface area contributed by atoms with Crippen LogP contribution in [-0.2, 0) is 4.74 Å². The van der Waals surface area contributed by atoms with E-state index in [1.807, 2.05) is 29.0 Å². The lowest BCUT2D eigenvalue weighted by molar-refractivity contribution is 0.0154. The molecule has 1 aromatic carbocycles. The number of benzene rings is 1. The second-order valence-corrected chi connectivity index (χ2v) is 8.20. The molecule has 1 aliphatic rings. The van der Waals surface area contributed by atoms with Crippen molar-refractivity contribution < 1.29 is 14.6 Å². The standard InChI is InChI=1S/C22H26N6O3S/c29-20(14-28-5-7-31-8-6-28)13-25-22(30)27-19-3-1-2-18(10-19)26-21-23-11-17(12-24-21)16-4-9-32-15-16/h1-4,9-12,15,20,29H,5-8,13-14H2,(H,23,24,26)(H2,25,27,30). The number of rotatable bonds is 8. The van der Waals surface area contributed by atoms with E-state index in [9.17, 15) is 9.90 Å². The first kappa shape index (κ1) is 22.2. The summed E-state index contributed by atoms with van der Waals surface area (Å²) in [5.41, 5.74) is 3.41. The maximum Gasteiger partial charge on any atom is 0.319 e. The summed E-state index contributed by atoms with van der Waals surface area (Å²) < 4.78 is 5.30. The van der Waals surface area contributed by atoms with Crippen LogP contribution in [0.5, 0.6) is 0 Å². The van der Waals surface area contributed by atoms with Gasteiger partial charge in [-0.1, -0.05) is 6.07 Å². The molecule has 0 bridgehead atoms. The zero-order chi connectivity index (χ0) is 22.2. The van der Waals surface area contributed by atoms with Gasteiger partial charge in [0.05, 0.1) is 19.3 Å². The van der Waals surface area contributed by atoms with Crippen LogP contribution < -0.4 is 16.0 Å². The molecule has 2 amide bonds. The zero-order valence-electron chi connectivity index (χ0n) is 17.5. The molecule has 32 heavy (non-hydrogen) atoms. The van der Waals surface area contributed by atoms with Gasteiger partial charge in [-0.25, -0.2) is 14.8 Å². The average Bonchev–Trinajstić information content (AvgIpc) is 3.34. The Bertz CT molecular complexity index is 993. The highest BCUT2D eigenvalue weighted by Gasteiger charge is 2.15. The van der Waals surface area contributed by atoms with Crippen molar-refractivity contribution in [1.29, 1.82) is 0 Å². The number of morpholine rings is 1. The van der Waals surface area contributed by atoms with E-state index in [0.29, 0.717) is 31.4 Å². The molecule has 168 valence electrons. The van der Waals surface area contributed by atoms with E-state index in [1.165, 1.54) is 0 Å². The number of ether oxygens (including phenoxy) is 1. The number of amides is 2. The fourth-order valence-corrected chi connectivity index (χ4v) is 3.97. The molecule has 3 heterocycles. The summed E-state index contributed by atoms with van der Waals surface area (Å²) in [5.74, 6) is 0.469. The summed E-state index contributed by atoms with van der Waals surface area (Å²) >= 11 is 1.63. The summed E-state index contributed by atoms with van der Waals surface area (Å²) in [6.45, 7) is 3.62. The number of hydrogen-bond donors (Lipinski definition) is 4. The fraction of sp³-hybridized carbons (Fsp3) is 0.318. The van der Waals surface area contributed by atoms with E-state index < -0.39 is 6.10 Å². The molecule has 2 aromatic heterocycles. The van der Waals surface area contributed by atoms with Crippen molar-refractivity contribution in [1.82, 2.24) is 20.2 Å². The fourth-order valence-electron chi connectivity index (χ4n) is 3.31. The molecular formula is C22H26N6O3S. The van der Waals surface area contributed by atoms with Crippen LogP contribution in [0.2, 0.25) is 0 Å². The second-order valence-electron chi connectivity index (χ2n) is 7.42. The van der Waals surface area contributed by atoms with Crippen LogP contribution in [0.15, 0.2) is 53.5 Å². The van der Waals surface area contributed by atoms with Crippen LogP contribution in [-0.4, -0.2) is 71.5 Å². The molecular weight excluding hydrogens is 428 g/mol. The van der Waals surface area contributed by atoms with Gasteiger partial charge in [0, 0.05) is 55.5 Å². The maximum atomic E-state index is 12.2. The molecule has 1 atom stereocenters. The Hall–Kier alpha value is -3.05. The Morgan fingerprint density at radius 3 is 2.69 bits per heavy atom. The summed E-state index contributed by atoms with van der Waals surface area (Å²) in [6.07, 6.45) is 2.91. The average molecular weight is 455 g/mol. The minimum absolute atomic E-state index is 0.172. The molecule has 9 nitrogen and oxygen atoms in total. The summed E-state index contributed by atoms with van der Waals surface area (Å²) in [6, 6.07) is 8.92. The molecule has 0 saturated carbocycles. The highest BCUT2D eigenvalue weighted by atomic mass is 32.1. The summed E-state index contributed by atoms with van der Waals surface area (Å²) in [5, 5.41) is 22.8. The lowest BCUT2D eigenvalue weighted by Gasteiger charge is -2.28. The molecule has 0 spiro atoms. The van der Waals surface area contributed by atoms with Crippen molar-refractivity contribution in [3.05, 3.63) is 53.5 Å². The van der Waals surface area contributed by atoms with E-state index in [4.69, 9.17) is 4.74 Å². The van der Waals surface area contributed by atoms with Gasteiger partial charge in [-0.15, -0.1) is 0 Å². The Balaban J connectivity index is 1.25. The highest BCUT2D eigenvalue weighted by Crippen LogP contribution is 2.22. The number of hydrogen-bond acceptors (Lipinski definition) is 8. The van der Waals surface area contributed by atoms with Crippen molar-refractivity contribution in [2.24, 2.45) is 0 Å². The molecule has 1 saturated heterocycles. The van der Waals surface area contributed by atoms with E-state index in [2.05, 4.69) is 30.8 Å². The number of β-amino-alcohol motifs (C(OH)–C–C–N with tert-alkyl or cyclic N) is 1. The third-order valence-electron chi connectivity index (χ3n) is 4.95. The van der Waals surface area contributed by atoms with Crippen LogP contribution in [0, 0.1) is 0 Å². The van der Waals surface area contributed by atoms with Crippen molar-refractivity contribution in [3.8, 4) is 11.1 Å². The number of urea groups is 1. The van der Waals surface area contributed by atoms with Crippen LogP contribution in [0.4, 0.5) is 22.1 Å². The SMILES string of the molecule is O=C(NCC(O)CN1CCOCC1)Nc1cccc(Nc2ncc(-c3ccsc3)cn2)c1. The molecule has 1 aliphatic heterocycles. The minimum atomic E-state index is -0.638. The first-order chi connectivity index (χ1) is 15.7. The van der Waals surface area contributed by atoms with Gasteiger partial charge >= 0.3 is 6.03 Å². The molecule has 0 aliphatic carbocycles. The van der Waals surface area contributed by atoms with Gasteiger partial charge in [0.2, 0.25) is 5.95 Å². The number of aliphatic hydroxyl groups excluding tert-OH is 1. The van der Waals surface area contributed by atoms with Gasteiger partial charge in [0.1, 0.15) is 0 Å². The van der Waals surface area contributed by atoms with E-state index >= 15 is 0 Å². The number of carbonyl (C=O) groups excluding carboxylic acids is 1. The van der Waals surface area contributed by atoms with Crippen LogP contribution in [0.25, 0.3) is 11.1 Å². The largest absolute Gasteiger partial charge is 0.390 e. The molecule has 4 rings (SSSR count). The van der Waals surface area contributed by atoms with Crippen molar-refractivity contribution >= 4 is 34.7 Å². The molecule has 1 unspecified atom stereocenters. The molecule has 1 fully saturated rings. The van der Waals surface area contributed by atoms with Crippen molar-refractivity contribution in [2.45, 2.75) is 6.10 Å². The smallest absolute Gasteiger partial charge is 0.319 e. The Morgan fingerprint density at radius 2 is 1.94 bits per heavy atom. The molecule has 4 N–H and O–H groups in total. The van der Waals surface area contributed by atoms with Gasteiger partial charge < -0.3 is 25.8 Å². The van der Waals surface area contributed by atoms with Gasteiger partial charge in [0.15, 0.2) is 0 Å². The van der Waals surface area contributed by atoms with Gasteiger partial charge in [-0.05, 0) is 40.6 Å². The predicted octanol–water partition coefficient (Wildman–Crippen LogP) is 2.76. The maximum absolute atomic E-state index is 12.2. The highest BCUT2D eigenvalue weighted by molar-refractivity contribution is 7.08. The number of nitrogens with one attached hydrogen (secondary N) is 3. The lowest BCUT2D eigenvalue weighted by atomic mass is 10.2. The number of nitrogens with zero attached hydrogens (tertiary/aromatic N) is 3. The van der Waals surface area contributed by atoms with E-state index in [0.717, 1.165) is 29.9 Å². The summed E-state index contributed by atoms with van der Waals surface area (Å²) in [4.78, 5) is 23.1. The Labute approximate surface area is 190 Å². The third kappa shape index (κ3) is 6.47. The number of carbonyl (C=O) groups is 1. The van der Waals surface area contributed by atoms with Crippen LogP contribution in [0.3, 0.4) is 0 Å². The first-order valence-electron chi connectivity index (χ1n) is 10.4. The second kappa shape index (κ2) is 11.0. The summed E-state index contributed by atoms with van der Waals surface area (Å²) in [7, 11) is 0. The van der Waals surface area contributed by atoms with Crippen molar-refractivity contribution in [3.63, 3.8) is 0 Å². The number of aliphatic hydroxyl groups is 1. The van der Waals surface area contributed by atoms with Crippen molar-refractivity contribution in [2.75, 3.05) is 50.0 Å². The van der Waals surface area contributed by atoms with Crippen LogP contribution in [0.1, 0.15) is 0 Å². The lowest BCUT2D eigenvalue weighted by Crippen LogP contribution is -2.45. The molecule has 0 radical (unpaired) electrons. The number of anilines is 3. The van der Waals surface area contributed by atoms with Gasteiger partial charge in [-0.3, -0.25) is 4.90 Å². The number of thiophene rings is 1. The Kier molecular flexibility index (Phi) is 7.62. The van der Waals surface area contributed by atoms with E-state index in [-0.39, 0.29) is 12.6 Å². The van der Waals surface area contributed by atoms with Gasteiger partial charge in [-0.2, -0.15) is 11.3 Å². The predicted molar refractivity (Wildman–Crippen MR) is 125 cm³/mol. The van der Waals surface area contributed by atoms with Gasteiger partial charge in [0.25, 0.3) is 0 Å². The zero-order valence-corrected chi connectivity index (χ0v) is 18.3. The first-order valence-corrected chi connectivity index (χ1v) is 11.3. The molecule has 3 aromatic rings. The minimum Gasteiger partial charge on any atom is -0.390 e. The Morgan fingerprint density at radius 1 is 1.16 bits per heavy atom.